The molecule has 0 bridgehead atoms. The highest BCUT2D eigenvalue weighted by Crippen LogP contribution is 2.16. The minimum atomic E-state index is 0.986. The molecule has 0 amide bonds. The van der Waals surface area contributed by atoms with Crippen molar-refractivity contribution in [3.05, 3.63) is 27.3 Å². The molecule has 1 aromatic carbocycles. The number of anilines is 1. The van der Waals surface area contributed by atoms with Crippen molar-refractivity contribution in [3.8, 4) is 0 Å². The lowest BCUT2D eigenvalue weighted by atomic mass is 10.2. The van der Waals surface area contributed by atoms with Crippen LogP contribution in [0, 0.1) is 10.5 Å². The molecule has 1 nitrogen and oxygen atoms in total. The summed E-state index contributed by atoms with van der Waals surface area (Å²) in [7, 11) is 0. The molecular weight excluding hydrogens is 249 g/mol. The van der Waals surface area contributed by atoms with Gasteiger partial charge in [0.2, 0.25) is 0 Å². The summed E-state index contributed by atoms with van der Waals surface area (Å²) in [5.41, 5.74) is 2.55. The first kappa shape index (κ1) is 8.84. The molecular formula is C9H12IN. The van der Waals surface area contributed by atoms with Gasteiger partial charge >= 0.3 is 0 Å². The first-order valence-electron chi connectivity index (χ1n) is 3.74. The molecule has 2 heteroatoms. The SMILES string of the molecule is CCNc1ccc(I)c(C)c1. The van der Waals surface area contributed by atoms with Gasteiger partial charge in [0.15, 0.2) is 0 Å². The number of hydrogen-bond acceptors (Lipinski definition) is 1. The van der Waals surface area contributed by atoms with Crippen LogP contribution in [-0.2, 0) is 0 Å². The van der Waals surface area contributed by atoms with Crippen molar-refractivity contribution in [1.82, 2.24) is 0 Å². The van der Waals surface area contributed by atoms with Gasteiger partial charge in [-0.15, -0.1) is 0 Å². The van der Waals surface area contributed by atoms with E-state index in [0.717, 1.165) is 6.54 Å². The maximum atomic E-state index is 3.27. The minimum Gasteiger partial charge on any atom is -0.385 e. The fourth-order valence-corrected chi connectivity index (χ4v) is 1.29. The van der Waals surface area contributed by atoms with Gasteiger partial charge in [0.25, 0.3) is 0 Å². The average Bonchev–Trinajstić information content (AvgIpc) is 1.98. The summed E-state index contributed by atoms with van der Waals surface area (Å²) >= 11 is 2.34. The van der Waals surface area contributed by atoms with E-state index in [2.05, 4.69) is 60.0 Å². The number of hydrogen-bond donors (Lipinski definition) is 1. The van der Waals surface area contributed by atoms with Crippen molar-refractivity contribution < 1.29 is 0 Å². The third-order valence-electron chi connectivity index (χ3n) is 1.54. The fraction of sp³-hybridized carbons (Fsp3) is 0.333. The Morgan fingerprint density at radius 2 is 2.18 bits per heavy atom. The molecule has 0 saturated heterocycles. The maximum absolute atomic E-state index is 3.27. The van der Waals surface area contributed by atoms with E-state index in [1.807, 2.05) is 0 Å². The summed E-state index contributed by atoms with van der Waals surface area (Å²) in [5, 5.41) is 3.27. The van der Waals surface area contributed by atoms with Gasteiger partial charge in [0.05, 0.1) is 0 Å². The van der Waals surface area contributed by atoms with Crippen molar-refractivity contribution in [2.45, 2.75) is 13.8 Å². The molecule has 1 aromatic rings. The molecule has 0 spiro atoms. The first-order chi connectivity index (χ1) is 5.24. The second-order valence-electron chi connectivity index (χ2n) is 2.49. The van der Waals surface area contributed by atoms with Crippen LogP contribution in [0.4, 0.5) is 5.69 Å². The van der Waals surface area contributed by atoms with Crippen LogP contribution in [0.5, 0.6) is 0 Å². The van der Waals surface area contributed by atoms with E-state index >= 15 is 0 Å². The van der Waals surface area contributed by atoms with E-state index in [1.165, 1.54) is 14.8 Å². The normalized spacial score (nSPS) is 9.73. The van der Waals surface area contributed by atoms with Crippen LogP contribution in [0.3, 0.4) is 0 Å². The number of aryl methyl sites for hydroxylation is 1. The number of benzene rings is 1. The van der Waals surface area contributed by atoms with Crippen molar-refractivity contribution in [3.63, 3.8) is 0 Å². The molecule has 0 aliphatic rings. The molecule has 0 radical (unpaired) electrons. The molecule has 0 heterocycles. The molecule has 0 fully saturated rings. The second kappa shape index (κ2) is 3.95. The lowest BCUT2D eigenvalue weighted by molar-refractivity contribution is 1.21. The summed E-state index contributed by atoms with van der Waals surface area (Å²) in [6.07, 6.45) is 0. The summed E-state index contributed by atoms with van der Waals surface area (Å²) in [5.74, 6) is 0. The summed E-state index contributed by atoms with van der Waals surface area (Å²) < 4.78 is 1.32. The van der Waals surface area contributed by atoms with Crippen molar-refractivity contribution in [2.24, 2.45) is 0 Å². The zero-order valence-electron chi connectivity index (χ0n) is 6.82. The Morgan fingerprint density at radius 1 is 1.45 bits per heavy atom. The highest BCUT2D eigenvalue weighted by atomic mass is 127. The Kier molecular flexibility index (Phi) is 3.17. The van der Waals surface area contributed by atoms with E-state index in [0.29, 0.717) is 0 Å². The van der Waals surface area contributed by atoms with Crippen molar-refractivity contribution in [2.75, 3.05) is 11.9 Å². The second-order valence-corrected chi connectivity index (χ2v) is 3.66. The Morgan fingerprint density at radius 3 is 2.73 bits per heavy atom. The zero-order chi connectivity index (χ0) is 8.27. The molecule has 11 heavy (non-hydrogen) atoms. The van der Waals surface area contributed by atoms with Gasteiger partial charge in [0.1, 0.15) is 0 Å². The van der Waals surface area contributed by atoms with Crippen LogP contribution >= 0.6 is 22.6 Å². The van der Waals surface area contributed by atoms with Crippen molar-refractivity contribution in [1.29, 1.82) is 0 Å². The Hall–Kier alpha value is -0.250. The smallest absolute Gasteiger partial charge is 0.0343 e. The lowest BCUT2D eigenvalue weighted by Gasteiger charge is -2.04. The van der Waals surface area contributed by atoms with Crippen LogP contribution < -0.4 is 5.32 Å². The van der Waals surface area contributed by atoms with Gasteiger partial charge in [-0.1, -0.05) is 0 Å². The highest BCUT2D eigenvalue weighted by molar-refractivity contribution is 14.1. The van der Waals surface area contributed by atoms with E-state index in [4.69, 9.17) is 0 Å². The highest BCUT2D eigenvalue weighted by Gasteiger charge is 1.94. The van der Waals surface area contributed by atoms with Crippen LogP contribution in [0.2, 0.25) is 0 Å². The van der Waals surface area contributed by atoms with E-state index in [1.54, 1.807) is 0 Å². The maximum Gasteiger partial charge on any atom is 0.0343 e. The van der Waals surface area contributed by atoms with Crippen LogP contribution in [-0.4, -0.2) is 6.54 Å². The van der Waals surface area contributed by atoms with Crippen LogP contribution in [0.15, 0.2) is 18.2 Å². The van der Waals surface area contributed by atoms with Gasteiger partial charge in [-0.05, 0) is 60.2 Å². The third-order valence-corrected chi connectivity index (χ3v) is 2.75. The quantitative estimate of drug-likeness (QED) is 0.807. The Bertz CT molecular complexity index is 245. The van der Waals surface area contributed by atoms with Gasteiger partial charge in [-0.25, -0.2) is 0 Å². The molecule has 1 rings (SSSR count). The van der Waals surface area contributed by atoms with Crippen LogP contribution in [0.25, 0.3) is 0 Å². The van der Waals surface area contributed by atoms with Gasteiger partial charge in [0, 0.05) is 15.8 Å². The Balaban J connectivity index is 2.86. The number of rotatable bonds is 2. The van der Waals surface area contributed by atoms with Gasteiger partial charge in [-0.3, -0.25) is 0 Å². The molecule has 0 atom stereocenters. The van der Waals surface area contributed by atoms with Crippen LogP contribution in [0.1, 0.15) is 12.5 Å². The molecule has 0 unspecified atom stereocenters. The number of halogens is 1. The third kappa shape index (κ3) is 2.36. The van der Waals surface area contributed by atoms with Crippen molar-refractivity contribution >= 4 is 28.3 Å². The molecule has 0 aliphatic carbocycles. The van der Waals surface area contributed by atoms with E-state index in [9.17, 15) is 0 Å². The van der Waals surface area contributed by atoms with Gasteiger partial charge in [-0.2, -0.15) is 0 Å². The standard InChI is InChI=1S/C9H12IN/c1-3-11-8-4-5-9(10)7(2)6-8/h4-6,11H,3H2,1-2H3. The molecule has 1 N–H and O–H groups in total. The van der Waals surface area contributed by atoms with Gasteiger partial charge < -0.3 is 5.32 Å². The van der Waals surface area contributed by atoms with E-state index in [-0.39, 0.29) is 0 Å². The molecule has 0 saturated carbocycles. The first-order valence-corrected chi connectivity index (χ1v) is 4.82. The zero-order valence-corrected chi connectivity index (χ0v) is 8.97. The Labute approximate surface area is 81.3 Å². The molecule has 0 aromatic heterocycles. The molecule has 60 valence electrons. The summed E-state index contributed by atoms with van der Waals surface area (Å²) in [6, 6.07) is 6.41. The largest absolute Gasteiger partial charge is 0.385 e. The fourth-order valence-electron chi connectivity index (χ4n) is 0.959. The summed E-state index contributed by atoms with van der Waals surface area (Å²) in [4.78, 5) is 0. The predicted molar refractivity (Wildman–Crippen MR) is 58.1 cm³/mol. The summed E-state index contributed by atoms with van der Waals surface area (Å²) in [6.45, 7) is 5.22. The number of nitrogens with one attached hydrogen (secondary N) is 1. The monoisotopic (exact) mass is 261 g/mol. The van der Waals surface area contributed by atoms with E-state index < -0.39 is 0 Å². The molecule has 0 aliphatic heterocycles. The topological polar surface area (TPSA) is 12.0 Å². The predicted octanol–water partition coefficient (Wildman–Crippen LogP) is 3.03. The minimum absolute atomic E-state index is 0.986. The average molecular weight is 261 g/mol. The lowest BCUT2D eigenvalue weighted by Crippen LogP contribution is -1.96.